The Hall–Kier alpha value is -1.09. The van der Waals surface area contributed by atoms with Crippen molar-refractivity contribution in [3.05, 3.63) is 23.9 Å². The van der Waals surface area contributed by atoms with E-state index in [-0.39, 0.29) is 6.04 Å². The monoisotopic (exact) mass is 191 g/mol. The minimum Gasteiger partial charge on any atom is -0.356 e. The smallest absolute Gasteiger partial charge is 0.133 e. The van der Waals surface area contributed by atoms with Crippen molar-refractivity contribution in [2.45, 2.75) is 25.8 Å². The van der Waals surface area contributed by atoms with Crippen molar-refractivity contribution < 1.29 is 0 Å². The van der Waals surface area contributed by atoms with E-state index in [1.54, 1.807) is 0 Å². The van der Waals surface area contributed by atoms with E-state index >= 15 is 0 Å². The molecule has 0 spiro atoms. The van der Waals surface area contributed by atoms with Crippen molar-refractivity contribution in [1.29, 1.82) is 0 Å². The molecule has 0 unspecified atom stereocenters. The van der Waals surface area contributed by atoms with Crippen LogP contribution in [0, 0.1) is 0 Å². The van der Waals surface area contributed by atoms with Crippen molar-refractivity contribution in [1.82, 2.24) is 4.98 Å². The molecule has 0 saturated carbocycles. The third kappa shape index (κ3) is 1.73. The van der Waals surface area contributed by atoms with Crippen molar-refractivity contribution in [2.24, 2.45) is 5.73 Å². The van der Waals surface area contributed by atoms with Gasteiger partial charge in [-0.25, -0.2) is 4.98 Å². The maximum Gasteiger partial charge on any atom is 0.133 e. The second kappa shape index (κ2) is 3.96. The zero-order chi connectivity index (χ0) is 9.97. The van der Waals surface area contributed by atoms with Crippen LogP contribution in [0.5, 0.6) is 0 Å². The molecule has 0 aliphatic carbocycles. The Labute approximate surface area is 84.9 Å². The van der Waals surface area contributed by atoms with E-state index in [0.29, 0.717) is 0 Å². The topological polar surface area (TPSA) is 42.1 Å². The zero-order valence-electron chi connectivity index (χ0n) is 8.61. The average Bonchev–Trinajstić information content (AvgIpc) is 2.70. The van der Waals surface area contributed by atoms with Gasteiger partial charge in [-0.3, -0.25) is 0 Å². The minimum atomic E-state index is 0.0688. The Kier molecular flexibility index (Phi) is 2.68. The lowest BCUT2D eigenvalue weighted by atomic mass is 10.1. The third-order valence-corrected chi connectivity index (χ3v) is 2.71. The van der Waals surface area contributed by atoms with Crippen molar-refractivity contribution in [3.8, 4) is 0 Å². The van der Waals surface area contributed by atoms with Crippen molar-refractivity contribution >= 4 is 5.82 Å². The van der Waals surface area contributed by atoms with Gasteiger partial charge in [0.05, 0.1) is 0 Å². The number of nitrogens with two attached hydrogens (primary N) is 1. The number of pyridine rings is 1. The van der Waals surface area contributed by atoms with Gasteiger partial charge in [-0.05, 0) is 25.8 Å². The number of anilines is 1. The molecule has 14 heavy (non-hydrogen) atoms. The summed E-state index contributed by atoms with van der Waals surface area (Å²) in [5.41, 5.74) is 7.08. The Morgan fingerprint density at radius 2 is 2.14 bits per heavy atom. The molecule has 0 amide bonds. The number of hydrogen-bond donors (Lipinski definition) is 1. The number of aromatic nitrogens is 1. The summed E-state index contributed by atoms with van der Waals surface area (Å²) >= 11 is 0. The third-order valence-electron chi connectivity index (χ3n) is 2.71. The van der Waals surface area contributed by atoms with E-state index in [1.165, 1.54) is 12.8 Å². The molecule has 0 bridgehead atoms. The normalized spacial score (nSPS) is 18.6. The fourth-order valence-electron chi connectivity index (χ4n) is 1.96. The molecular weight excluding hydrogens is 174 g/mol. The molecular formula is C11H17N3. The lowest BCUT2D eigenvalue weighted by Gasteiger charge is -2.21. The van der Waals surface area contributed by atoms with Crippen LogP contribution < -0.4 is 10.6 Å². The van der Waals surface area contributed by atoms with Crippen molar-refractivity contribution in [2.75, 3.05) is 18.0 Å². The first-order chi connectivity index (χ1) is 6.79. The molecule has 1 aliphatic rings. The Morgan fingerprint density at radius 1 is 1.43 bits per heavy atom. The summed E-state index contributed by atoms with van der Waals surface area (Å²) < 4.78 is 0. The van der Waals surface area contributed by atoms with E-state index in [1.807, 2.05) is 19.2 Å². The van der Waals surface area contributed by atoms with Gasteiger partial charge in [-0.2, -0.15) is 0 Å². The summed E-state index contributed by atoms with van der Waals surface area (Å²) in [6.45, 7) is 4.25. The molecule has 2 N–H and O–H groups in total. The van der Waals surface area contributed by atoms with Gasteiger partial charge >= 0.3 is 0 Å². The van der Waals surface area contributed by atoms with Gasteiger partial charge in [-0.1, -0.05) is 6.07 Å². The Balaban J connectivity index is 2.30. The van der Waals surface area contributed by atoms with Crippen LogP contribution in [0.2, 0.25) is 0 Å². The first-order valence-electron chi connectivity index (χ1n) is 5.24. The molecule has 0 aromatic carbocycles. The van der Waals surface area contributed by atoms with Gasteiger partial charge in [0, 0.05) is 30.9 Å². The van der Waals surface area contributed by atoms with E-state index < -0.39 is 0 Å². The molecule has 76 valence electrons. The van der Waals surface area contributed by atoms with E-state index in [4.69, 9.17) is 5.73 Å². The maximum atomic E-state index is 5.92. The highest BCUT2D eigenvalue weighted by molar-refractivity contribution is 5.48. The first-order valence-corrected chi connectivity index (χ1v) is 5.24. The Morgan fingerprint density at radius 3 is 2.79 bits per heavy atom. The summed E-state index contributed by atoms with van der Waals surface area (Å²) in [7, 11) is 0. The lowest BCUT2D eigenvalue weighted by molar-refractivity contribution is 0.794. The minimum absolute atomic E-state index is 0.0688. The summed E-state index contributed by atoms with van der Waals surface area (Å²) in [6, 6.07) is 4.10. The molecule has 2 heterocycles. The van der Waals surface area contributed by atoms with Gasteiger partial charge in [0.25, 0.3) is 0 Å². The van der Waals surface area contributed by atoms with Gasteiger partial charge in [-0.15, -0.1) is 0 Å². The largest absolute Gasteiger partial charge is 0.356 e. The van der Waals surface area contributed by atoms with Crippen LogP contribution in [-0.2, 0) is 0 Å². The standard InChI is InChI=1S/C11H17N3/c1-9(12)10-5-4-6-13-11(10)14-7-2-3-8-14/h4-6,9H,2-3,7-8,12H2,1H3/t9-/m0/s1. The fourth-order valence-corrected chi connectivity index (χ4v) is 1.96. The van der Waals surface area contributed by atoms with Crippen LogP contribution in [0.25, 0.3) is 0 Å². The van der Waals surface area contributed by atoms with Gasteiger partial charge in [0.1, 0.15) is 5.82 Å². The molecule has 3 heteroatoms. The lowest BCUT2D eigenvalue weighted by Crippen LogP contribution is -2.22. The molecule has 1 fully saturated rings. The summed E-state index contributed by atoms with van der Waals surface area (Å²) in [5, 5.41) is 0. The highest BCUT2D eigenvalue weighted by atomic mass is 15.2. The molecule has 1 aromatic heterocycles. The van der Waals surface area contributed by atoms with Gasteiger partial charge in [0.15, 0.2) is 0 Å². The summed E-state index contributed by atoms with van der Waals surface area (Å²) in [4.78, 5) is 6.76. The SMILES string of the molecule is C[C@H](N)c1cccnc1N1CCCC1. The fraction of sp³-hybridized carbons (Fsp3) is 0.545. The van der Waals surface area contributed by atoms with Crippen LogP contribution in [0.1, 0.15) is 31.4 Å². The van der Waals surface area contributed by atoms with Crippen LogP contribution in [0.15, 0.2) is 18.3 Å². The molecule has 0 radical (unpaired) electrons. The first kappa shape index (κ1) is 9.46. The molecule has 2 rings (SSSR count). The quantitative estimate of drug-likeness (QED) is 0.773. The predicted molar refractivity (Wildman–Crippen MR) is 58.3 cm³/mol. The molecule has 1 saturated heterocycles. The molecule has 1 aromatic rings. The highest BCUT2D eigenvalue weighted by Crippen LogP contribution is 2.25. The summed E-state index contributed by atoms with van der Waals surface area (Å²) in [6.07, 6.45) is 4.39. The molecule has 1 atom stereocenters. The number of nitrogens with zero attached hydrogens (tertiary/aromatic N) is 2. The van der Waals surface area contributed by atoms with E-state index in [0.717, 1.165) is 24.5 Å². The zero-order valence-corrected chi connectivity index (χ0v) is 8.61. The summed E-state index contributed by atoms with van der Waals surface area (Å²) in [5.74, 6) is 1.08. The van der Waals surface area contributed by atoms with Crippen molar-refractivity contribution in [3.63, 3.8) is 0 Å². The Bertz CT molecular complexity index is 303. The van der Waals surface area contributed by atoms with Crippen LogP contribution in [0.4, 0.5) is 5.82 Å². The predicted octanol–water partition coefficient (Wildman–Crippen LogP) is 1.70. The maximum absolute atomic E-state index is 5.92. The second-order valence-electron chi connectivity index (χ2n) is 3.90. The number of rotatable bonds is 2. The second-order valence-corrected chi connectivity index (χ2v) is 3.90. The van der Waals surface area contributed by atoms with Gasteiger partial charge in [0.2, 0.25) is 0 Å². The van der Waals surface area contributed by atoms with Gasteiger partial charge < -0.3 is 10.6 Å². The van der Waals surface area contributed by atoms with E-state index in [2.05, 4.69) is 16.0 Å². The molecule has 3 nitrogen and oxygen atoms in total. The van der Waals surface area contributed by atoms with E-state index in [9.17, 15) is 0 Å². The average molecular weight is 191 g/mol. The molecule has 1 aliphatic heterocycles. The number of hydrogen-bond acceptors (Lipinski definition) is 3. The van der Waals surface area contributed by atoms with Crippen LogP contribution >= 0.6 is 0 Å². The van der Waals surface area contributed by atoms with Crippen LogP contribution in [-0.4, -0.2) is 18.1 Å². The van der Waals surface area contributed by atoms with Crippen LogP contribution in [0.3, 0.4) is 0 Å². The highest BCUT2D eigenvalue weighted by Gasteiger charge is 2.17.